The van der Waals surface area contributed by atoms with Gasteiger partial charge in [0.25, 0.3) is 0 Å². The van der Waals surface area contributed by atoms with Gasteiger partial charge in [-0.05, 0) is 26.0 Å². The number of ketones is 1. The van der Waals surface area contributed by atoms with Crippen molar-refractivity contribution in [2.75, 3.05) is 6.61 Å². The first kappa shape index (κ1) is 11.5. The summed E-state index contributed by atoms with van der Waals surface area (Å²) >= 11 is 5.85. The topological polar surface area (TPSA) is 50.1 Å². The van der Waals surface area contributed by atoms with Crippen LogP contribution in [-0.2, 0) is 0 Å². The van der Waals surface area contributed by atoms with Gasteiger partial charge in [0, 0.05) is 0 Å². The van der Waals surface area contributed by atoms with E-state index in [4.69, 9.17) is 21.6 Å². The number of ether oxygens (including phenoxy) is 1. The van der Waals surface area contributed by atoms with Crippen LogP contribution in [0.3, 0.4) is 0 Å². The SMILES string of the molecule is CCOc1ccc(Cl)c(C(C)=O)c1C#N. The number of nitriles is 1. The summed E-state index contributed by atoms with van der Waals surface area (Å²) in [5, 5.41) is 9.24. The van der Waals surface area contributed by atoms with Gasteiger partial charge in [-0.3, -0.25) is 4.79 Å². The number of hydrogen-bond donors (Lipinski definition) is 0. The molecule has 15 heavy (non-hydrogen) atoms. The maximum absolute atomic E-state index is 11.3. The van der Waals surface area contributed by atoms with Crippen LogP contribution in [0.1, 0.15) is 29.8 Å². The zero-order valence-electron chi connectivity index (χ0n) is 8.50. The number of rotatable bonds is 3. The van der Waals surface area contributed by atoms with Gasteiger partial charge in [-0.2, -0.15) is 5.26 Å². The predicted molar refractivity (Wildman–Crippen MR) is 57.3 cm³/mol. The highest BCUT2D eigenvalue weighted by Crippen LogP contribution is 2.28. The summed E-state index contributed by atoms with van der Waals surface area (Å²) in [6.45, 7) is 3.62. The van der Waals surface area contributed by atoms with Crippen molar-refractivity contribution < 1.29 is 9.53 Å². The molecule has 0 spiro atoms. The lowest BCUT2D eigenvalue weighted by molar-refractivity contribution is 0.101. The second kappa shape index (κ2) is 4.81. The predicted octanol–water partition coefficient (Wildman–Crippen LogP) is 2.81. The Kier molecular flexibility index (Phi) is 3.70. The average Bonchev–Trinajstić information content (AvgIpc) is 2.19. The molecule has 0 aliphatic heterocycles. The van der Waals surface area contributed by atoms with Crippen LogP contribution < -0.4 is 4.74 Å². The fourth-order valence-electron chi connectivity index (χ4n) is 1.29. The quantitative estimate of drug-likeness (QED) is 0.741. The van der Waals surface area contributed by atoms with Crippen molar-refractivity contribution in [2.45, 2.75) is 13.8 Å². The smallest absolute Gasteiger partial charge is 0.162 e. The molecule has 0 radical (unpaired) electrons. The van der Waals surface area contributed by atoms with Crippen molar-refractivity contribution in [1.29, 1.82) is 5.26 Å². The monoisotopic (exact) mass is 223 g/mol. The Labute approximate surface area is 93.2 Å². The van der Waals surface area contributed by atoms with Crippen LogP contribution in [0.5, 0.6) is 5.75 Å². The summed E-state index contributed by atoms with van der Waals surface area (Å²) < 4.78 is 5.24. The second-order valence-corrected chi connectivity index (χ2v) is 3.30. The van der Waals surface area contributed by atoms with E-state index in [-0.39, 0.29) is 21.9 Å². The van der Waals surface area contributed by atoms with Crippen LogP contribution in [0, 0.1) is 11.3 Å². The maximum atomic E-state index is 11.3. The van der Waals surface area contributed by atoms with Crippen LogP contribution in [-0.4, -0.2) is 12.4 Å². The molecule has 0 aliphatic carbocycles. The molecule has 0 aliphatic rings. The Bertz CT molecular complexity index is 435. The van der Waals surface area contributed by atoms with Gasteiger partial charge in [-0.25, -0.2) is 0 Å². The van der Waals surface area contributed by atoms with E-state index in [9.17, 15) is 4.79 Å². The molecule has 0 heterocycles. The normalized spacial score (nSPS) is 9.47. The number of carbonyl (C=O) groups is 1. The zero-order chi connectivity index (χ0) is 11.4. The molecule has 0 fully saturated rings. The summed E-state index contributed by atoms with van der Waals surface area (Å²) in [4.78, 5) is 11.3. The van der Waals surface area contributed by atoms with Crippen molar-refractivity contribution in [3.8, 4) is 11.8 Å². The molecular formula is C11H10ClNO2. The van der Waals surface area contributed by atoms with E-state index in [0.717, 1.165) is 0 Å². The molecule has 0 amide bonds. The summed E-state index contributed by atoms with van der Waals surface area (Å²) in [6.07, 6.45) is 0. The molecule has 0 N–H and O–H groups in total. The average molecular weight is 224 g/mol. The highest BCUT2D eigenvalue weighted by molar-refractivity contribution is 6.34. The Morgan fingerprint density at radius 3 is 2.73 bits per heavy atom. The summed E-state index contributed by atoms with van der Waals surface area (Å²) in [5.74, 6) is 0.160. The molecule has 0 saturated carbocycles. The van der Waals surface area contributed by atoms with Crippen LogP contribution in [0.2, 0.25) is 5.02 Å². The van der Waals surface area contributed by atoms with Crippen molar-refractivity contribution >= 4 is 17.4 Å². The second-order valence-electron chi connectivity index (χ2n) is 2.90. The van der Waals surface area contributed by atoms with Crippen LogP contribution in [0.4, 0.5) is 0 Å². The molecule has 1 aromatic carbocycles. The molecular weight excluding hydrogens is 214 g/mol. The van der Waals surface area contributed by atoms with Crippen LogP contribution in [0.15, 0.2) is 12.1 Å². The molecule has 1 rings (SSSR count). The fraction of sp³-hybridized carbons (Fsp3) is 0.273. The summed E-state index contributed by atoms with van der Waals surface area (Å²) in [7, 11) is 0. The minimum absolute atomic E-state index is 0.205. The van der Waals surface area contributed by atoms with E-state index in [0.29, 0.717) is 12.4 Å². The molecule has 0 unspecified atom stereocenters. The molecule has 1 aromatic rings. The Morgan fingerprint density at radius 1 is 1.60 bits per heavy atom. The molecule has 4 heteroatoms. The largest absolute Gasteiger partial charge is 0.492 e. The number of halogens is 1. The van der Waals surface area contributed by atoms with E-state index in [2.05, 4.69) is 0 Å². The standard InChI is InChI=1S/C11H10ClNO2/c1-3-15-10-5-4-9(12)11(7(2)14)8(10)6-13/h4-5H,3H2,1-2H3. The third kappa shape index (κ3) is 2.28. The third-order valence-corrected chi connectivity index (χ3v) is 2.19. The molecule has 0 bridgehead atoms. The molecule has 3 nitrogen and oxygen atoms in total. The summed E-state index contributed by atoms with van der Waals surface area (Å²) in [5.41, 5.74) is 0.432. The summed E-state index contributed by atoms with van der Waals surface area (Å²) in [6, 6.07) is 5.09. The Morgan fingerprint density at radius 2 is 2.27 bits per heavy atom. The van der Waals surface area contributed by atoms with Crippen molar-refractivity contribution in [1.82, 2.24) is 0 Å². The van der Waals surface area contributed by atoms with E-state index in [1.807, 2.05) is 13.0 Å². The number of carbonyl (C=O) groups excluding carboxylic acids is 1. The van der Waals surface area contributed by atoms with Crippen molar-refractivity contribution in [2.24, 2.45) is 0 Å². The lowest BCUT2D eigenvalue weighted by atomic mass is 10.0. The van der Waals surface area contributed by atoms with E-state index < -0.39 is 0 Å². The zero-order valence-corrected chi connectivity index (χ0v) is 9.26. The van der Waals surface area contributed by atoms with Gasteiger partial charge >= 0.3 is 0 Å². The van der Waals surface area contributed by atoms with Gasteiger partial charge in [-0.15, -0.1) is 0 Å². The van der Waals surface area contributed by atoms with E-state index in [1.54, 1.807) is 12.1 Å². The first-order valence-electron chi connectivity index (χ1n) is 4.48. The third-order valence-electron chi connectivity index (χ3n) is 1.88. The Hall–Kier alpha value is -1.53. The van der Waals surface area contributed by atoms with E-state index in [1.165, 1.54) is 6.92 Å². The van der Waals surface area contributed by atoms with Crippen molar-refractivity contribution in [3.63, 3.8) is 0 Å². The maximum Gasteiger partial charge on any atom is 0.162 e. The van der Waals surface area contributed by atoms with Gasteiger partial charge in [-0.1, -0.05) is 11.6 Å². The first-order chi connectivity index (χ1) is 7.11. The minimum Gasteiger partial charge on any atom is -0.492 e. The van der Waals surface area contributed by atoms with Gasteiger partial charge in [0.1, 0.15) is 17.4 Å². The minimum atomic E-state index is -0.238. The number of Topliss-reactive ketones (excluding diaryl/α,β-unsaturated/α-hetero) is 1. The lowest BCUT2D eigenvalue weighted by Gasteiger charge is -2.09. The number of nitrogens with zero attached hydrogens (tertiary/aromatic N) is 1. The molecule has 0 atom stereocenters. The number of benzene rings is 1. The first-order valence-corrected chi connectivity index (χ1v) is 4.86. The van der Waals surface area contributed by atoms with E-state index >= 15 is 0 Å². The fourth-order valence-corrected chi connectivity index (χ4v) is 1.58. The molecule has 0 aromatic heterocycles. The highest BCUT2D eigenvalue weighted by atomic mass is 35.5. The highest BCUT2D eigenvalue weighted by Gasteiger charge is 2.16. The van der Waals surface area contributed by atoms with Gasteiger partial charge in [0.2, 0.25) is 0 Å². The van der Waals surface area contributed by atoms with Crippen LogP contribution >= 0.6 is 11.6 Å². The van der Waals surface area contributed by atoms with Crippen LogP contribution in [0.25, 0.3) is 0 Å². The molecule has 78 valence electrons. The van der Waals surface area contributed by atoms with Gasteiger partial charge in [0.15, 0.2) is 5.78 Å². The lowest BCUT2D eigenvalue weighted by Crippen LogP contribution is -2.02. The van der Waals surface area contributed by atoms with Gasteiger partial charge < -0.3 is 4.74 Å². The van der Waals surface area contributed by atoms with Crippen molar-refractivity contribution in [3.05, 3.63) is 28.3 Å². The van der Waals surface area contributed by atoms with Gasteiger partial charge in [0.05, 0.1) is 17.2 Å². The molecule has 0 saturated heterocycles. The number of hydrogen-bond acceptors (Lipinski definition) is 3. The Balaban J connectivity index is 3.42.